The minimum absolute atomic E-state index is 0.757. The quantitative estimate of drug-likeness (QED) is 0.671. The van der Waals surface area contributed by atoms with Gasteiger partial charge in [-0.2, -0.15) is 0 Å². The van der Waals surface area contributed by atoms with Crippen LogP contribution in [0.3, 0.4) is 0 Å². The van der Waals surface area contributed by atoms with Crippen molar-refractivity contribution in [3.8, 4) is 23.0 Å². The summed E-state index contributed by atoms with van der Waals surface area (Å²) in [4.78, 5) is 0. The summed E-state index contributed by atoms with van der Waals surface area (Å²) in [6.45, 7) is 1.81. The third kappa shape index (κ3) is 5.29. The van der Waals surface area contributed by atoms with Crippen molar-refractivity contribution >= 4 is 0 Å². The van der Waals surface area contributed by atoms with Crippen LogP contribution in [0.5, 0.6) is 23.0 Å². The van der Waals surface area contributed by atoms with E-state index in [0.717, 1.165) is 48.9 Å². The number of hydrogen-bond donors (Lipinski definition) is 1. The van der Waals surface area contributed by atoms with Crippen molar-refractivity contribution in [1.82, 2.24) is 5.32 Å². The van der Waals surface area contributed by atoms with E-state index in [1.807, 2.05) is 24.3 Å². The Bertz CT molecular complexity index is 615. The van der Waals surface area contributed by atoms with Crippen LogP contribution in [0, 0.1) is 0 Å². The van der Waals surface area contributed by atoms with E-state index in [1.165, 1.54) is 11.1 Å². The topological polar surface area (TPSA) is 49.0 Å². The fourth-order valence-corrected chi connectivity index (χ4v) is 2.66. The highest BCUT2D eigenvalue weighted by Crippen LogP contribution is 2.28. The van der Waals surface area contributed by atoms with E-state index in [9.17, 15) is 0 Å². The Morgan fingerprint density at radius 2 is 1.00 bits per heavy atom. The zero-order valence-electron chi connectivity index (χ0n) is 15.4. The molecule has 0 aliphatic rings. The molecule has 0 aromatic heterocycles. The predicted molar refractivity (Wildman–Crippen MR) is 99.4 cm³/mol. The highest BCUT2D eigenvalue weighted by atomic mass is 16.5. The van der Waals surface area contributed by atoms with Gasteiger partial charge in [-0.05, 0) is 61.3 Å². The molecule has 0 heterocycles. The van der Waals surface area contributed by atoms with Gasteiger partial charge in [0.05, 0.1) is 28.4 Å². The van der Waals surface area contributed by atoms with E-state index in [0.29, 0.717) is 0 Å². The van der Waals surface area contributed by atoms with Crippen molar-refractivity contribution in [2.45, 2.75) is 12.8 Å². The molecule has 136 valence electrons. The van der Waals surface area contributed by atoms with Crippen LogP contribution in [0.25, 0.3) is 0 Å². The van der Waals surface area contributed by atoms with Crippen molar-refractivity contribution in [2.24, 2.45) is 0 Å². The Morgan fingerprint density at radius 1 is 0.600 bits per heavy atom. The maximum absolute atomic E-state index is 5.34. The normalized spacial score (nSPS) is 10.4. The van der Waals surface area contributed by atoms with E-state index in [-0.39, 0.29) is 0 Å². The van der Waals surface area contributed by atoms with Crippen LogP contribution in [-0.2, 0) is 12.8 Å². The van der Waals surface area contributed by atoms with Gasteiger partial charge in [-0.1, -0.05) is 12.1 Å². The summed E-state index contributed by atoms with van der Waals surface area (Å²) in [5.41, 5.74) is 2.44. The first kappa shape index (κ1) is 18.9. The summed E-state index contributed by atoms with van der Waals surface area (Å²) < 4.78 is 21.2. The number of rotatable bonds is 10. The molecule has 2 aromatic carbocycles. The van der Waals surface area contributed by atoms with Gasteiger partial charge in [-0.3, -0.25) is 0 Å². The molecule has 0 unspecified atom stereocenters. The first-order valence-electron chi connectivity index (χ1n) is 8.34. The highest BCUT2D eigenvalue weighted by Gasteiger charge is 2.05. The molecule has 0 amide bonds. The number of methoxy groups -OCH3 is 4. The van der Waals surface area contributed by atoms with Gasteiger partial charge in [0, 0.05) is 0 Å². The maximum atomic E-state index is 5.34. The van der Waals surface area contributed by atoms with Crippen LogP contribution in [0.1, 0.15) is 11.1 Å². The van der Waals surface area contributed by atoms with Gasteiger partial charge in [0.25, 0.3) is 0 Å². The first-order chi connectivity index (χ1) is 12.2. The second-order valence-electron chi connectivity index (χ2n) is 5.63. The average Bonchev–Trinajstić information content (AvgIpc) is 2.67. The molecule has 1 N–H and O–H groups in total. The molecule has 0 atom stereocenters. The summed E-state index contributed by atoms with van der Waals surface area (Å²) >= 11 is 0. The zero-order chi connectivity index (χ0) is 18.1. The van der Waals surface area contributed by atoms with Crippen molar-refractivity contribution < 1.29 is 18.9 Å². The Kier molecular flexibility index (Phi) is 7.41. The number of benzene rings is 2. The zero-order valence-corrected chi connectivity index (χ0v) is 15.4. The molecule has 5 nitrogen and oxygen atoms in total. The summed E-state index contributed by atoms with van der Waals surface area (Å²) in [5.74, 6) is 3.05. The van der Waals surface area contributed by atoms with E-state index >= 15 is 0 Å². The lowest BCUT2D eigenvalue weighted by atomic mass is 10.1. The molecule has 0 aliphatic carbocycles. The van der Waals surface area contributed by atoms with Crippen LogP contribution in [-0.4, -0.2) is 41.5 Å². The lowest BCUT2D eigenvalue weighted by Gasteiger charge is -2.11. The third-order valence-corrected chi connectivity index (χ3v) is 4.08. The fraction of sp³-hybridized carbons (Fsp3) is 0.400. The Hall–Kier alpha value is -2.40. The van der Waals surface area contributed by atoms with Gasteiger partial charge in [0.2, 0.25) is 0 Å². The van der Waals surface area contributed by atoms with E-state index in [4.69, 9.17) is 18.9 Å². The summed E-state index contributed by atoms with van der Waals surface area (Å²) in [6.07, 6.45) is 1.87. The Balaban J connectivity index is 1.78. The lowest BCUT2D eigenvalue weighted by molar-refractivity contribution is 0.354. The lowest BCUT2D eigenvalue weighted by Crippen LogP contribution is -2.20. The van der Waals surface area contributed by atoms with Crippen molar-refractivity contribution in [1.29, 1.82) is 0 Å². The molecule has 25 heavy (non-hydrogen) atoms. The fourth-order valence-electron chi connectivity index (χ4n) is 2.66. The van der Waals surface area contributed by atoms with Gasteiger partial charge in [-0.15, -0.1) is 0 Å². The first-order valence-corrected chi connectivity index (χ1v) is 8.34. The highest BCUT2D eigenvalue weighted by molar-refractivity contribution is 5.43. The number of nitrogens with one attached hydrogen (secondary N) is 1. The molecule has 2 rings (SSSR count). The van der Waals surface area contributed by atoms with Crippen LogP contribution in [0.4, 0.5) is 0 Å². The van der Waals surface area contributed by atoms with Gasteiger partial charge in [-0.25, -0.2) is 0 Å². The van der Waals surface area contributed by atoms with E-state index < -0.39 is 0 Å². The summed E-state index contributed by atoms with van der Waals surface area (Å²) in [6, 6.07) is 12.1. The Labute approximate surface area is 149 Å². The van der Waals surface area contributed by atoms with Crippen LogP contribution < -0.4 is 24.3 Å². The van der Waals surface area contributed by atoms with Gasteiger partial charge >= 0.3 is 0 Å². The molecule has 5 heteroatoms. The largest absolute Gasteiger partial charge is 0.493 e. The molecule has 0 fully saturated rings. The molecular formula is C20H27NO4. The monoisotopic (exact) mass is 345 g/mol. The maximum Gasteiger partial charge on any atom is 0.160 e. The smallest absolute Gasteiger partial charge is 0.160 e. The van der Waals surface area contributed by atoms with E-state index in [2.05, 4.69) is 17.4 Å². The number of hydrogen-bond acceptors (Lipinski definition) is 5. The molecule has 2 aromatic rings. The van der Waals surface area contributed by atoms with Crippen LogP contribution in [0.2, 0.25) is 0 Å². The minimum Gasteiger partial charge on any atom is -0.493 e. The standard InChI is InChI=1S/C20H27NO4/c1-22-17-7-5-15(13-19(17)24-3)9-11-21-12-10-16-6-8-18(23-2)20(14-16)25-4/h5-8,13-14,21H,9-12H2,1-4H3. The molecule has 0 radical (unpaired) electrons. The molecular weight excluding hydrogens is 318 g/mol. The average molecular weight is 345 g/mol. The van der Waals surface area contributed by atoms with Crippen LogP contribution >= 0.6 is 0 Å². The second kappa shape index (κ2) is 9.79. The molecule has 0 bridgehead atoms. The van der Waals surface area contributed by atoms with Crippen molar-refractivity contribution in [2.75, 3.05) is 41.5 Å². The molecule has 0 saturated carbocycles. The van der Waals surface area contributed by atoms with Gasteiger partial charge in [0.1, 0.15) is 0 Å². The molecule has 0 spiro atoms. The third-order valence-electron chi connectivity index (χ3n) is 4.08. The molecule has 0 aliphatic heterocycles. The summed E-state index contributed by atoms with van der Waals surface area (Å²) in [7, 11) is 6.60. The minimum atomic E-state index is 0.757. The number of ether oxygens (including phenoxy) is 4. The molecule has 0 saturated heterocycles. The summed E-state index contributed by atoms with van der Waals surface area (Å²) in [5, 5.41) is 3.47. The van der Waals surface area contributed by atoms with Crippen molar-refractivity contribution in [3.63, 3.8) is 0 Å². The second-order valence-corrected chi connectivity index (χ2v) is 5.63. The van der Waals surface area contributed by atoms with Gasteiger partial charge in [0.15, 0.2) is 23.0 Å². The SMILES string of the molecule is COc1ccc(CCNCCc2ccc(OC)c(OC)c2)cc1OC. The van der Waals surface area contributed by atoms with Gasteiger partial charge < -0.3 is 24.3 Å². The van der Waals surface area contributed by atoms with E-state index in [1.54, 1.807) is 28.4 Å². The predicted octanol–water partition coefficient (Wildman–Crippen LogP) is 3.10. The Morgan fingerprint density at radius 3 is 1.36 bits per heavy atom. The van der Waals surface area contributed by atoms with Crippen LogP contribution in [0.15, 0.2) is 36.4 Å². The van der Waals surface area contributed by atoms with Crippen molar-refractivity contribution in [3.05, 3.63) is 47.5 Å².